The highest BCUT2D eigenvalue weighted by atomic mass is 16.5. The molecule has 2 aliphatic rings. The summed E-state index contributed by atoms with van der Waals surface area (Å²) in [4.78, 5) is 0. The predicted octanol–water partition coefficient (Wildman–Crippen LogP) is 0.0543. The van der Waals surface area contributed by atoms with Crippen molar-refractivity contribution in [1.82, 2.24) is 5.32 Å². The Bertz CT molecular complexity index is 205. The van der Waals surface area contributed by atoms with Crippen molar-refractivity contribution >= 4 is 0 Å². The van der Waals surface area contributed by atoms with Crippen LogP contribution in [0.15, 0.2) is 12.2 Å². The van der Waals surface area contributed by atoms with Crippen LogP contribution in [0.3, 0.4) is 0 Å². The van der Waals surface area contributed by atoms with E-state index in [1.54, 1.807) is 0 Å². The number of ether oxygens (including phenoxy) is 1. The van der Waals surface area contributed by atoms with Crippen LogP contribution < -0.4 is 5.32 Å². The Morgan fingerprint density at radius 2 is 2.58 bits per heavy atom. The standard InChI is InChI=1S/C9H15NO2/c1-10-6-9-3-2-8(12-9)4-7(11)5-9/h2-3,7-8,10-11H,4-6H2,1H3/t7-,8+,9+/m1/s1. The van der Waals surface area contributed by atoms with Crippen LogP contribution in [-0.4, -0.2) is 36.5 Å². The van der Waals surface area contributed by atoms with Gasteiger partial charge < -0.3 is 15.2 Å². The zero-order valence-corrected chi connectivity index (χ0v) is 7.29. The number of aliphatic hydroxyl groups excluding tert-OH is 1. The van der Waals surface area contributed by atoms with Crippen LogP contribution in [0.25, 0.3) is 0 Å². The topological polar surface area (TPSA) is 41.5 Å². The number of likely N-dealkylation sites (N-methyl/N-ethyl adjacent to an activating group) is 1. The van der Waals surface area contributed by atoms with E-state index in [0.717, 1.165) is 19.4 Å². The fraction of sp³-hybridized carbons (Fsp3) is 0.778. The Morgan fingerprint density at radius 3 is 3.33 bits per heavy atom. The maximum atomic E-state index is 9.53. The monoisotopic (exact) mass is 169 g/mol. The first-order chi connectivity index (χ1) is 5.74. The van der Waals surface area contributed by atoms with Crippen LogP contribution in [0.2, 0.25) is 0 Å². The van der Waals surface area contributed by atoms with Crippen LogP contribution in [0.4, 0.5) is 0 Å². The van der Waals surface area contributed by atoms with E-state index < -0.39 is 0 Å². The van der Waals surface area contributed by atoms with Gasteiger partial charge in [-0.25, -0.2) is 0 Å². The first kappa shape index (κ1) is 8.23. The number of hydrogen-bond acceptors (Lipinski definition) is 3. The highest BCUT2D eigenvalue weighted by molar-refractivity contribution is 5.16. The summed E-state index contributed by atoms with van der Waals surface area (Å²) in [5.74, 6) is 0. The molecule has 3 atom stereocenters. The Labute approximate surface area is 72.4 Å². The maximum Gasteiger partial charge on any atom is 0.102 e. The molecule has 0 unspecified atom stereocenters. The molecule has 2 N–H and O–H groups in total. The molecule has 3 nitrogen and oxygen atoms in total. The molecule has 68 valence electrons. The second kappa shape index (κ2) is 2.83. The molecule has 0 saturated carbocycles. The average molecular weight is 169 g/mol. The highest BCUT2D eigenvalue weighted by Crippen LogP contribution is 2.35. The van der Waals surface area contributed by atoms with Crippen LogP contribution >= 0.6 is 0 Å². The van der Waals surface area contributed by atoms with Gasteiger partial charge in [-0.3, -0.25) is 0 Å². The number of hydrogen-bond donors (Lipinski definition) is 2. The Kier molecular flexibility index (Phi) is 1.94. The van der Waals surface area contributed by atoms with Gasteiger partial charge in [0.15, 0.2) is 0 Å². The summed E-state index contributed by atoms with van der Waals surface area (Å²) in [6.45, 7) is 0.789. The molecule has 0 amide bonds. The summed E-state index contributed by atoms with van der Waals surface area (Å²) in [6, 6.07) is 0. The molecule has 1 saturated heterocycles. The smallest absolute Gasteiger partial charge is 0.102 e. The zero-order valence-electron chi connectivity index (χ0n) is 7.29. The molecule has 2 bridgehead atoms. The van der Waals surface area contributed by atoms with Crippen molar-refractivity contribution in [2.75, 3.05) is 13.6 Å². The minimum atomic E-state index is -0.225. The largest absolute Gasteiger partial charge is 0.393 e. The molecule has 0 aromatic heterocycles. The van der Waals surface area contributed by atoms with Gasteiger partial charge in [0.05, 0.1) is 12.2 Å². The van der Waals surface area contributed by atoms with Gasteiger partial charge in [0, 0.05) is 19.4 Å². The fourth-order valence-electron chi connectivity index (χ4n) is 2.13. The van der Waals surface area contributed by atoms with Gasteiger partial charge in [-0.05, 0) is 7.05 Å². The van der Waals surface area contributed by atoms with Crippen molar-refractivity contribution in [3.63, 3.8) is 0 Å². The molecule has 0 radical (unpaired) electrons. The lowest BCUT2D eigenvalue weighted by Crippen LogP contribution is -2.46. The number of rotatable bonds is 2. The first-order valence-corrected chi connectivity index (χ1v) is 4.44. The fourth-order valence-corrected chi connectivity index (χ4v) is 2.13. The van der Waals surface area contributed by atoms with E-state index in [1.807, 2.05) is 7.05 Å². The minimum Gasteiger partial charge on any atom is -0.393 e. The molecule has 0 aromatic rings. The van der Waals surface area contributed by atoms with Crippen LogP contribution in [0.5, 0.6) is 0 Å². The summed E-state index contributed by atoms with van der Waals surface area (Å²) in [7, 11) is 1.90. The normalized spacial score (nSPS) is 45.2. The van der Waals surface area contributed by atoms with E-state index in [-0.39, 0.29) is 17.8 Å². The number of nitrogens with one attached hydrogen (secondary N) is 1. The van der Waals surface area contributed by atoms with Gasteiger partial charge >= 0.3 is 0 Å². The molecule has 2 heterocycles. The van der Waals surface area contributed by atoms with Gasteiger partial charge in [0.1, 0.15) is 5.60 Å². The number of aliphatic hydroxyl groups is 1. The van der Waals surface area contributed by atoms with E-state index in [0.29, 0.717) is 0 Å². The van der Waals surface area contributed by atoms with Crippen molar-refractivity contribution in [3.8, 4) is 0 Å². The van der Waals surface area contributed by atoms with Crippen molar-refractivity contribution in [1.29, 1.82) is 0 Å². The third-order valence-corrected chi connectivity index (χ3v) is 2.56. The molecule has 2 aliphatic heterocycles. The summed E-state index contributed by atoms with van der Waals surface area (Å²) >= 11 is 0. The second-order valence-electron chi connectivity index (χ2n) is 3.70. The summed E-state index contributed by atoms with van der Waals surface area (Å²) in [6.07, 6.45) is 5.56. The average Bonchev–Trinajstić information content (AvgIpc) is 2.27. The van der Waals surface area contributed by atoms with E-state index in [4.69, 9.17) is 4.74 Å². The minimum absolute atomic E-state index is 0.141. The predicted molar refractivity (Wildman–Crippen MR) is 45.9 cm³/mol. The summed E-state index contributed by atoms with van der Waals surface area (Å²) in [5, 5.41) is 12.6. The third kappa shape index (κ3) is 1.28. The van der Waals surface area contributed by atoms with Crippen molar-refractivity contribution in [2.45, 2.75) is 30.7 Å². The van der Waals surface area contributed by atoms with Crippen molar-refractivity contribution in [2.24, 2.45) is 0 Å². The van der Waals surface area contributed by atoms with Crippen molar-refractivity contribution in [3.05, 3.63) is 12.2 Å². The van der Waals surface area contributed by atoms with Crippen molar-refractivity contribution < 1.29 is 9.84 Å². The van der Waals surface area contributed by atoms with E-state index >= 15 is 0 Å². The molecule has 1 fully saturated rings. The number of fused-ring (bicyclic) bond motifs is 2. The van der Waals surface area contributed by atoms with E-state index in [9.17, 15) is 5.11 Å². The third-order valence-electron chi connectivity index (χ3n) is 2.56. The quantitative estimate of drug-likeness (QED) is 0.574. The molecule has 0 aliphatic carbocycles. The second-order valence-corrected chi connectivity index (χ2v) is 3.70. The SMILES string of the molecule is CNC[C@]12C=C[C@@H](C[C@@H](O)C1)O2. The first-order valence-electron chi connectivity index (χ1n) is 4.44. The molecular formula is C9H15NO2. The van der Waals surface area contributed by atoms with Gasteiger partial charge in [0.25, 0.3) is 0 Å². The van der Waals surface area contributed by atoms with Crippen LogP contribution in [0.1, 0.15) is 12.8 Å². The lowest BCUT2D eigenvalue weighted by molar-refractivity contribution is -0.102. The van der Waals surface area contributed by atoms with E-state index in [1.165, 1.54) is 0 Å². The van der Waals surface area contributed by atoms with Crippen LogP contribution in [0, 0.1) is 0 Å². The Balaban J connectivity index is 2.10. The summed E-state index contributed by atoms with van der Waals surface area (Å²) in [5.41, 5.74) is -0.225. The molecule has 2 rings (SSSR count). The maximum absolute atomic E-state index is 9.53. The molecule has 0 spiro atoms. The molecule has 0 aromatic carbocycles. The zero-order chi connectivity index (χ0) is 8.60. The molecule has 12 heavy (non-hydrogen) atoms. The lowest BCUT2D eigenvalue weighted by atomic mass is 9.94. The molecular weight excluding hydrogens is 154 g/mol. The highest BCUT2D eigenvalue weighted by Gasteiger charge is 2.41. The van der Waals surface area contributed by atoms with E-state index in [2.05, 4.69) is 17.5 Å². The Hall–Kier alpha value is -0.380. The Morgan fingerprint density at radius 1 is 1.75 bits per heavy atom. The van der Waals surface area contributed by atoms with Gasteiger partial charge in [-0.1, -0.05) is 12.2 Å². The molecule has 3 heteroatoms. The summed E-state index contributed by atoms with van der Waals surface area (Å²) < 4.78 is 5.76. The van der Waals surface area contributed by atoms with Gasteiger partial charge in [0.2, 0.25) is 0 Å². The van der Waals surface area contributed by atoms with Gasteiger partial charge in [-0.15, -0.1) is 0 Å². The lowest BCUT2D eigenvalue weighted by Gasteiger charge is -2.35. The van der Waals surface area contributed by atoms with Gasteiger partial charge in [-0.2, -0.15) is 0 Å². The van der Waals surface area contributed by atoms with Crippen LogP contribution in [-0.2, 0) is 4.74 Å².